The fraction of sp³-hybridized carbons (Fsp3) is 0.304. The number of Topliss-reactive ketones (excluding diaryl/α,β-unsaturated/α-hetero) is 1. The number of rotatable bonds is 10. The van der Waals surface area contributed by atoms with Gasteiger partial charge in [0, 0.05) is 17.0 Å². The first-order valence-corrected chi connectivity index (χ1v) is 11.8. The van der Waals surface area contributed by atoms with Crippen molar-refractivity contribution in [2.45, 2.75) is 44.4 Å². The molecule has 2 aromatic heterocycles. The van der Waals surface area contributed by atoms with Gasteiger partial charge in [-0.15, -0.1) is 0 Å². The van der Waals surface area contributed by atoms with Crippen molar-refractivity contribution in [3.05, 3.63) is 77.3 Å². The van der Waals surface area contributed by atoms with Gasteiger partial charge in [0.15, 0.2) is 6.61 Å². The molecule has 0 aliphatic heterocycles. The van der Waals surface area contributed by atoms with E-state index in [2.05, 4.69) is 0 Å². The van der Waals surface area contributed by atoms with Crippen LogP contribution in [0.1, 0.15) is 34.4 Å². The SMILES string of the molecule is Cc1cc(C(=O)COC(=O)[C@H](NS(=O)(=O)c2ccc(F)cc2)[C@H](C)O)c(C)n1Cc1ccco1. The van der Waals surface area contributed by atoms with Crippen molar-refractivity contribution in [2.24, 2.45) is 0 Å². The smallest absolute Gasteiger partial charge is 0.327 e. The van der Waals surface area contributed by atoms with Gasteiger partial charge in [-0.05, 0) is 63.2 Å². The molecule has 2 heterocycles. The standard InChI is InChI=1S/C23H25FN2O7S/c1-14-11-20(15(2)26(14)12-18-5-4-10-32-18)21(28)13-33-23(29)22(16(3)27)25-34(30,31)19-8-6-17(24)7-9-19/h4-11,16,22,25,27H,12-13H2,1-3H3/t16-,22+/m0/s1. The lowest BCUT2D eigenvalue weighted by Gasteiger charge is -2.20. The molecular formula is C23H25FN2O7S. The summed E-state index contributed by atoms with van der Waals surface area (Å²) in [6, 6.07) is 7.50. The average Bonchev–Trinajstić information content (AvgIpc) is 3.39. The molecule has 2 atom stereocenters. The van der Waals surface area contributed by atoms with Crippen LogP contribution >= 0.6 is 0 Å². The van der Waals surface area contributed by atoms with E-state index in [1.807, 2.05) is 22.3 Å². The van der Waals surface area contributed by atoms with Crippen LogP contribution in [0.3, 0.4) is 0 Å². The first kappa shape index (κ1) is 25.3. The zero-order chi connectivity index (χ0) is 25.0. The van der Waals surface area contributed by atoms with Crippen LogP contribution in [0.5, 0.6) is 0 Å². The van der Waals surface area contributed by atoms with Crippen LogP contribution in [0.2, 0.25) is 0 Å². The number of aromatic nitrogens is 1. The molecule has 0 radical (unpaired) electrons. The third-order valence-electron chi connectivity index (χ3n) is 5.26. The Labute approximate surface area is 196 Å². The molecule has 1 aromatic carbocycles. The monoisotopic (exact) mass is 492 g/mol. The molecule has 0 aliphatic carbocycles. The number of ketones is 1. The third-order valence-corrected chi connectivity index (χ3v) is 6.71. The van der Waals surface area contributed by atoms with Crippen molar-refractivity contribution in [3.63, 3.8) is 0 Å². The fourth-order valence-electron chi connectivity index (χ4n) is 3.38. The van der Waals surface area contributed by atoms with Gasteiger partial charge in [0.2, 0.25) is 15.8 Å². The van der Waals surface area contributed by atoms with Crippen LogP contribution in [0.4, 0.5) is 4.39 Å². The molecule has 0 aliphatic rings. The van der Waals surface area contributed by atoms with Crippen LogP contribution in [0, 0.1) is 19.7 Å². The lowest BCUT2D eigenvalue weighted by molar-refractivity contribution is -0.147. The zero-order valence-corrected chi connectivity index (χ0v) is 19.6. The van der Waals surface area contributed by atoms with E-state index in [4.69, 9.17) is 9.15 Å². The minimum atomic E-state index is -4.27. The summed E-state index contributed by atoms with van der Waals surface area (Å²) in [5.41, 5.74) is 1.80. The summed E-state index contributed by atoms with van der Waals surface area (Å²) < 4.78 is 52.4. The predicted molar refractivity (Wildman–Crippen MR) is 119 cm³/mol. The average molecular weight is 493 g/mol. The Balaban J connectivity index is 1.68. The number of hydrogen-bond acceptors (Lipinski definition) is 7. The van der Waals surface area contributed by atoms with E-state index in [0.29, 0.717) is 23.6 Å². The second-order valence-electron chi connectivity index (χ2n) is 7.77. The molecule has 11 heteroatoms. The summed E-state index contributed by atoms with van der Waals surface area (Å²) in [6.45, 7) is 4.55. The van der Waals surface area contributed by atoms with Crippen molar-refractivity contribution in [1.82, 2.24) is 9.29 Å². The maximum absolute atomic E-state index is 13.1. The van der Waals surface area contributed by atoms with E-state index >= 15 is 0 Å². The third kappa shape index (κ3) is 5.79. The van der Waals surface area contributed by atoms with E-state index in [1.54, 1.807) is 25.3 Å². The second-order valence-corrected chi connectivity index (χ2v) is 9.49. The Morgan fingerprint density at radius 3 is 2.47 bits per heavy atom. The number of nitrogens with one attached hydrogen (secondary N) is 1. The predicted octanol–water partition coefficient (Wildman–Crippen LogP) is 2.34. The van der Waals surface area contributed by atoms with Crippen LogP contribution in [0.15, 0.2) is 58.0 Å². The topological polar surface area (TPSA) is 128 Å². The van der Waals surface area contributed by atoms with Gasteiger partial charge in [0.1, 0.15) is 17.6 Å². The Hall–Kier alpha value is -3.28. The van der Waals surface area contributed by atoms with E-state index in [-0.39, 0.29) is 4.90 Å². The molecule has 0 amide bonds. The molecule has 0 bridgehead atoms. The summed E-state index contributed by atoms with van der Waals surface area (Å²) in [7, 11) is -4.27. The number of esters is 1. The number of hydrogen-bond donors (Lipinski definition) is 2. The number of aliphatic hydroxyl groups excluding tert-OH is 1. The van der Waals surface area contributed by atoms with Crippen LogP contribution in [-0.2, 0) is 26.1 Å². The van der Waals surface area contributed by atoms with Crippen molar-refractivity contribution in [1.29, 1.82) is 0 Å². The molecule has 182 valence electrons. The number of carbonyl (C=O) groups is 2. The largest absolute Gasteiger partial charge is 0.467 e. The van der Waals surface area contributed by atoms with Gasteiger partial charge >= 0.3 is 5.97 Å². The number of aryl methyl sites for hydroxylation is 1. The molecule has 3 rings (SSSR count). The highest BCUT2D eigenvalue weighted by atomic mass is 32.2. The zero-order valence-electron chi connectivity index (χ0n) is 18.8. The molecule has 0 saturated heterocycles. The Kier molecular flexibility index (Phi) is 7.70. The lowest BCUT2D eigenvalue weighted by Crippen LogP contribution is -2.48. The fourth-order valence-corrected chi connectivity index (χ4v) is 4.64. The van der Waals surface area contributed by atoms with E-state index in [0.717, 1.165) is 30.0 Å². The summed E-state index contributed by atoms with van der Waals surface area (Å²) in [6.07, 6.45) is 0.0916. The Bertz CT molecular complexity index is 1260. The first-order valence-electron chi connectivity index (χ1n) is 10.3. The van der Waals surface area contributed by atoms with Crippen molar-refractivity contribution in [3.8, 4) is 0 Å². The minimum Gasteiger partial charge on any atom is -0.467 e. The van der Waals surface area contributed by atoms with Gasteiger partial charge in [-0.25, -0.2) is 12.8 Å². The van der Waals surface area contributed by atoms with E-state index in [9.17, 15) is 27.5 Å². The molecule has 0 saturated carbocycles. The summed E-state index contributed by atoms with van der Waals surface area (Å²) in [5.74, 6) is -1.54. The number of ether oxygens (including phenoxy) is 1. The maximum atomic E-state index is 13.1. The van der Waals surface area contributed by atoms with Gasteiger partial charge in [0.25, 0.3) is 0 Å². The van der Waals surface area contributed by atoms with Crippen LogP contribution < -0.4 is 4.72 Å². The van der Waals surface area contributed by atoms with Crippen molar-refractivity contribution >= 4 is 21.8 Å². The molecule has 0 unspecified atom stereocenters. The van der Waals surface area contributed by atoms with Gasteiger partial charge < -0.3 is 18.8 Å². The van der Waals surface area contributed by atoms with Gasteiger partial charge in [-0.1, -0.05) is 0 Å². The van der Waals surface area contributed by atoms with Gasteiger partial charge in [-0.2, -0.15) is 4.72 Å². The van der Waals surface area contributed by atoms with E-state index in [1.165, 1.54) is 6.92 Å². The van der Waals surface area contributed by atoms with Gasteiger partial charge in [-0.3, -0.25) is 9.59 Å². The van der Waals surface area contributed by atoms with E-state index < -0.39 is 46.3 Å². The number of benzene rings is 1. The van der Waals surface area contributed by atoms with Crippen LogP contribution in [-0.4, -0.2) is 48.6 Å². The minimum absolute atomic E-state index is 0.299. The Morgan fingerprint density at radius 1 is 1.21 bits per heavy atom. The number of nitrogens with zero attached hydrogens (tertiary/aromatic N) is 1. The number of sulfonamides is 1. The summed E-state index contributed by atoms with van der Waals surface area (Å²) >= 11 is 0. The van der Waals surface area contributed by atoms with Crippen molar-refractivity contribution in [2.75, 3.05) is 6.61 Å². The number of furan rings is 1. The highest BCUT2D eigenvalue weighted by molar-refractivity contribution is 7.89. The molecule has 0 spiro atoms. The number of carbonyl (C=O) groups excluding carboxylic acids is 2. The Morgan fingerprint density at radius 2 is 1.88 bits per heavy atom. The molecule has 9 nitrogen and oxygen atoms in total. The van der Waals surface area contributed by atoms with Crippen LogP contribution in [0.25, 0.3) is 0 Å². The number of aliphatic hydroxyl groups is 1. The normalized spacial score (nSPS) is 13.4. The van der Waals surface area contributed by atoms with Crippen molar-refractivity contribution < 1.29 is 36.7 Å². The maximum Gasteiger partial charge on any atom is 0.327 e. The highest BCUT2D eigenvalue weighted by Crippen LogP contribution is 2.18. The second kappa shape index (κ2) is 10.3. The lowest BCUT2D eigenvalue weighted by atomic mass is 10.1. The molecule has 2 N–H and O–H groups in total. The summed E-state index contributed by atoms with van der Waals surface area (Å²) in [4.78, 5) is 24.9. The quantitative estimate of drug-likeness (QED) is 0.328. The van der Waals surface area contributed by atoms with Gasteiger partial charge in [0.05, 0.1) is 23.8 Å². The molecule has 0 fully saturated rings. The molecular weight excluding hydrogens is 467 g/mol. The number of halogens is 1. The first-order chi connectivity index (χ1) is 16.0. The highest BCUT2D eigenvalue weighted by Gasteiger charge is 2.31. The molecule has 3 aromatic rings. The summed E-state index contributed by atoms with van der Waals surface area (Å²) in [5, 5.41) is 9.94. The molecule has 34 heavy (non-hydrogen) atoms.